The Morgan fingerprint density at radius 1 is 0.970 bits per heavy atom. The lowest BCUT2D eigenvalue weighted by Crippen LogP contribution is -2.15. The molecule has 0 unspecified atom stereocenters. The maximum Gasteiger partial charge on any atom is 0.234 e. The van der Waals surface area contributed by atoms with E-state index in [-0.39, 0.29) is 11.7 Å². The Labute approximate surface area is 204 Å². The third-order valence-corrected chi connectivity index (χ3v) is 6.41. The Hall–Kier alpha value is -3.30. The highest BCUT2D eigenvalue weighted by atomic mass is 79.9. The average molecular weight is 525 g/mol. The van der Waals surface area contributed by atoms with Gasteiger partial charge in [-0.25, -0.2) is 0 Å². The molecule has 0 saturated heterocycles. The van der Waals surface area contributed by atoms with Gasteiger partial charge >= 0.3 is 0 Å². The number of nitrogens with zero attached hydrogens (tertiary/aromatic N) is 3. The number of carbonyl (C=O) groups is 1. The number of carbonyl (C=O) groups excluding carboxylic acids is 1. The zero-order chi connectivity index (χ0) is 23.2. The van der Waals surface area contributed by atoms with E-state index in [4.69, 9.17) is 9.47 Å². The summed E-state index contributed by atoms with van der Waals surface area (Å²) in [6.45, 7) is 0. The summed E-state index contributed by atoms with van der Waals surface area (Å²) in [5, 5.41) is 12.3. The van der Waals surface area contributed by atoms with Crippen LogP contribution in [0.5, 0.6) is 11.5 Å². The summed E-state index contributed by atoms with van der Waals surface area (Å²) < 4.78 is 13.4. The first-order valence-electron chi connectivity index (χ1n) is 10.0. The first kappa shape index (κ1) is 22.9. The molecule has 3 aromatic carbocycles. The van der Waals surface area contributed by atoms with E-state index in [9.17, 15) is 4.79 Å². The van der Waals surface area contributed by atoms with E-state index in [1.165, 1.54) is 11.8 Å². The molecule has 4 rings (SSSR count). The van der Waals surface area contributed by atoms with E-state index in [2.05, 4.69) is 31.4 Å². The zero-order valence-electron chi connectivity index (χ0n) is 18.0. The molecular formula is C24H21BrN4O3S. The van der Waals surface area contributed by atoms with Crippen molar-refractivity contribution in [1.82, 2.24) is 14.8 Å². The Balaban J connectivity index is 1.62. The number of rotatable bonds is 8. The summed E-state index contributed by atoms with van der Waals surface area (Å²) in [6, 6.07) is 22.7. The van der Waals surface area contributed by atoms with Crippen molar-refractivity contribution in [2.45, 2.75) is 5.16 Å². The fraction of sp³-hybridized carbons (Fsp3) is 0.125. The lowest BCUT2D eigenvalue weighted by molar-refractivity contribution is -0.113. The lowest BCUT2D eigenvalue weighted by atomic mass is 10.2. The number of hydrogen-bond acceptors (Lipinski definition) is 6. The number of halogens is 1. The van der Waals surface area contributed by atoms with Crippen molar-refractivity contribution in [3.05, 3.63) is 77.3 Å². The number of thioether (sulfide) groups is 1. The van der Waals surface area contributed by atoms with E-state index >= 15 is 0 Å². The third kappa shape index (κ3) is 5.20. The van der Waals surface area contributed by atoms with Crippen LogP contribution in [0.15, 0.2) is 82.4 Å². The van der Waals surface area contributed by atoms with E-state index in [0.29, 0.717) is 22.4 Å². The van der Waals surface area contributed by atoms with Gasteiger partial charge in [0.25, 0.3) is 0 Å². The summed E-state index contributed by atoms with van der Waals surface area (Å²) in [5.41, 5.74) is 2.38. The highest BCUT2D eigenvalue weighted by Crippen LogP contribution is 2.33. The number of methoxy groups -OCH3 is 2. The van der Waals surface area contributed by atoms with Gasteiger partial charge < -0.3 is 14.8 Å². The number of anilines is 1. The van der Waals surface area contributed by atoms with Crippen molar-refractivity contribution in [2.75, 3.05) is 25.3 Å². The van der Waals surface area contributed by atoms with Crippen LogP contribution in [-0.2, 0) is 4.79 Å². The molecule has 7 nitrogen and oxygen atoms in total. The van der Waals surface area contributed by atoms with Crippen molar-refractivity contribution in [3.63, 3.8) is 0 Å². The third-order valence-electron chi connectivity index (χ3n) is 4.79. The summed E-state index contributed by atoms with van der Waals surface area (Å²) in [6.07, 6.45) is 0. The summed E-state index contributed by atoms with van der Waals surface area (Å²) in [5.74, 6) is 2.01. The summed E-state index contributed by atoms with van der Waals surface area (Å²) >= 11 is 4.90. The van der Waals surface area contributed by atoms with E-state index < -0.39 is 0 Å². The van der Waals surface area contributed by atoms with Gasteiger partial charge in [0.1, 0.15) is 11.5 Å². The Morgan fingerprint density at radius 2 is 1.70 bits per heavy atom. The number of ether oxygens (including phenoxy) is 2. The zero-order valence-corrected chi connectivity index (χ0v) is 20.4. The van der Waals surface area contributed by atoms with Gasteiger partial charge in [0, 0.05) is 15.7 Å². The molecule has 0 aliphatic rings. The van der Waals surface area contributed by atoms with Crippen LogP contribution in [0.3, 0.4) is 0 Å². The number of benzene rings is 3. The van der Waals surface area contributed by atoms with Gasteiger partial charge in [0.15, 0.2) is 11.0 Å². The normalized spacial score (nSPS) is 10.6. The van der Waals surface area contributed by atoms with Gasteiger partial charge in [-0.2, -0.15) is 0 Å². The quantitative estimate of drug-likeness (QED) is 0.309. The minimum absolute atomic E-state index is 0.155. The highest BCUT2D eigenvalue weighted by Gasteiger charge is 2.19. The molecule has 33 heavy (non-hydrogen) atoms. The molecule has 4 aromatic rings. The standard InChI is InChI=1S/C24H21BrN4O3S/c1-31-17-13-11-16(12-14-17)29-23(18-7-3-4-8-19(18)25)27-28-24(29)33-15-22(30)26-20-9-5-6-10-21(20)32-2/h3-14H,15H2,1-2H3,(H,26,30). The molecule has 0 aliphatic carbocycles. The van der Waals surface area contributed by atoms with Crippen molar-refractivity contribution < 1.29 is 14.3 Å². The number of hydrogen-bond donors (Lipinski definition) is 1. The largest absolute Gasteiger partial charge is 0.497 e. The highest BCUT2D eigenvalue weighted by molar-refractivity contribution is 9.10. The summed E-state index contributed by atoms with van der Waals surface area (Å²) in [4.78, 5) is 12.6. The van der Waals surface area contributed by atoms with Crippen LogP contribution >= 0.6 is 27.7 Å². The van der Waals surface area contributed by atoms with Gasteiger partial charge in [-0.1, -0.05) is 58.0 Å². The van der Waals surface area contributed by atoms with Crippen molar-refractivity contribution >= 4 is 39.3 Å². The Bertz CT molecular complexity index is 1260. The molecule has 0 bridgehead atoms. The molecular weight excluding hydrogens is 504 g/mol. The lowest BCUT2D eigenvalue weighted by Gasteiger charge is -2.12. The van der Waals surface area contributed by atoms with Gasteiger partial charge in [-0.15, -0.1) is 10.2 Å². The molecule has 0 saturated carbocycles. The van der Waals surface area contributed by atoms with Gasteiger partial charge in [0.05, 0.1) is 25.7 Å². The van der Waals surface area contributed by atoms with E-state index in [0.717, 1.165) is 21.5 Å². The second kappa shape index (κ2) is 10.5. The predicted octanol–water partition coefficient (Wildman–Crippen LogP) is 5.44. The topological polar surface area (TPSA) is 78.3 Å². The molecule has 1 heterocycles. The average Bonchev–Trinajstić information content (AvgIpc) is 3.27. The minimum Gasteiger partial charge on any atom is -0.497 e. The van der Waals surface area contributed by atoms with Crippen molar-refractivity contribution in [3.8, 4) is 28.6 Å². The molecule has 0 fully saturated rings. The maximum absolute atomic E-state index is 12.6. The van der Waals surface area contributed by atoms with Crippen LogP contribution in [0.1, 0.15) is 0 Å². The van der Waals surface area contributed by atoms with E-state index in [1.807, 2.05) is 65.2 Å². The molecule has 0 spiro atoms. The fourth-order valence-corrected chi connectivity index (χ4v) is 4.42. The van der Waals surface area contributed by atoms with E-state index in [1.54, 1.807) is 26.4 Å². The first-order valence-corrected chi connectivity index (χ1v) is 11.8. The predicted molar refractivity (Wildman–Crippen MR) is 133 cm³/mol. The van der Waals surface area contributed by atoms with Crippen molar-refractivity contribution in [1.29, 1.82) is 0 Å². The Kier molecular flexibility index (Phi) is 7.31. The molecule has 1 amide bonds. The monoisotopic (exact) mass is 524 g/mol. The van der Waals surface area contributed by atoms with Gasteiger partial charge in [0.2, 0.25) is 5.91 Å². The van der Waals surface area contributed by atoms with Crippen LogP contribution in [0.4, 0.5) is 5.69 Å². The fourth-order valence-electron chi connectivity index (χ4n) is 3.21. The molecule has 0 radical (unpaired) electrons. The molecule has 1 N–H and O–H groups in total. The summed E-state index contributed by atoms with van der Waals surface area (Å²) in [7, 11) is 3.20. The molecule has 0 atom stereocenters. The van der Waals surface area contributed by atoms with Crippen LogP contribution in [0.25, 0.3) is 17.1 Å². The SMILES string of the molecule is COc1ccc(-n2c(SCC(=O)Nc3ccccc3OC)nnc2-c2ccccc2Br)cc1. The van der Waals surface area contributed by atoms with Crippen LogP contribution < -0.4 is 14.8 Å². The second-order valence-corrected chi connectivity index (χ2v) is 8.65. The molecule has 1 aromatic heterocycles. The first-order chi connectivity index (χ1) is 16.1. The molecule has 9 heteroatoms. The number of para-hydroxylation sites is 2. The number of aromatic nitrogens is 3. The number of amides is 1. The van der Waals surface area contributed by atoms with Crippen LogP contribution in [0, 0.1) is 0 Å². The molecule has 168 valence electrons. The van der Waals surface area contributed by atoms with Gasteiger partial charge in [-0.05, 0) is 42.5 Å². The number of nitrogens with one attached hydrogen (secondary N) is 1. The van der Waals surface area contributed by atoms with Gasteiger partial charge in [-0.3, -0.25) is 9.36 Å². The minimum atomic E-state index is -0.170. The second-order valence-electron chi connectivity index (χ2n) is 6.86. The molecule has 0 aliphatic heterocycles. The maximum atomic E-state index is 12.6. The van der Waals surface area contributed by atoms with Crippen LogP contribution in [0.2, 0.25) is 0 Å². The Morgan fingerprint density at radius 3 is 2.42 bits per heavy atom. The van der Waals surface area contributed by atoms with Crippen LogP contribution in [-0.4, -0.2) is 40.6 Å². The smallest absolute Gasteiger partial charge is 0.234 e. The van der Waals surface area contributed by atoms with Crippen molar-refractivity contribution in [2.24, 2.45) is 0 Å².